The maximum absolute atomic E-state index is 9.03. The topological polar surface area (TPSA) is 39.9 Å². The third-order valence-corrected chi connectivity index (χ3v) is 3.45. The molecule has 3 nitrogen and oxygen atoms in total. The van der Waals surface area contributed by atoms with Gasteiger partial charge in [-0.15, -0.1) is 11.3 Å². The van der Waals surface area contributed by atoms with Crippen molar-refractivity contribution < 1.29 is 0 Å². The van der Waals surface area contributed by atoms with Crippen molar-refractivity contribution in [3.8, 4) is 6.07 Å². The minimum Gasteiger partial charge on any atom is -0.368 e. The Bertz CT molecular complexity index is 559. The second kappa shape index (κ2) is 5.17. The van der Waals surface area contributed by atoms with E-state index in [1.54, 1.807) is 6.20 Å². The van der Waals surface area contributed by atoms with E-state index in [1.807, 2.05) is 36.2 Å². The predicted octanol–water partition coefficient (Wildman–Crippen LogP) is 3.30. The van der Waals surface area contributed by atoms with E-state index < -0.39 is 0 Å². The minimum absolute atomic E-state index is 0.543. The van der Waals surface area contributed by atoms with Gasteiger partial charge in [-0.1, -0.05) is 23.7 Å². The van der Waals surface area contributed by atoms with Crippen molar-refractivity contribution in [2.45, 2.75) is 6.54 Å². The number of rotatable bonds is 3. The zero-order valence-electron chi connectivity index (χ0n) is 9.22. The van der Waals surface area contributed by atoms with Gasteiger partial charge in [0.1, 0.15) is 6.07 Å². The molecular weight excluding hydrogens is 254 g/mol. The third-order valence-electron chi connectivity index (χ3n) is 2.35. The Kier molecular flexibility index (Phi) is 3.62. The molecule has 0 aliphatic rings. The van der Waals surface area contributed by atoms with Crippen molar-refractivity contribution in [1.82, 2.24) is 4.98 Å². The summed E-state index contributed by atoms with van der Waals surface area (Å²) in [6.07, 6.45) is 1.76. The van der Waals surface area contributed by atoms with E-state index >= 15 is 0 Å². The first kappa shape index (κ1) is 11.9. The number of nitriles is 1. The number of benzene rings is 1. The van der Waals surface area contributed by atoms with Crippen molar-refractivity contribution in [2.24, 2.45) is 0 Å². The molecule has 86 valence electrons. The van der Waals surface area contributed by atoms with Gasteiger partial charge in [-0.05, 0) is 12.1 Å². The van der Waals surface area contributed by atoms with Crippen LogP contribution >= 0.6 is 22.9 Å². The Balaban J connectivity index is 2.20. The van der Waals surface area contributed by atoms with Crippen LogP contribution in [0.15, 0.2) is 30.5 Å². The molecule has 1 aromatic heterocycles. The van der Waals surface area contributed by atoms with Crippen molar-refractivity contribution in [1.29, 1.82) is 5.26 Å². The molecule has 2 aromatic rings. The van der Waals surface area contributed by atoms with E-state index in [0.717, 1.165) is 10.6 Å². The Morgan fingerprint density at radius 1 is 1.47 bits per heavy atom. The molecule has 17 heavy (non-hydrogen) atoms. The van der Waals surface area contributed by atoms with Crippen LogP contribution in [0.4, 0.5) is 5.69 Å². The summed E-state index contributed by atoms with van der Waals surface area (Å²) < 4.78 is 0.543. The van der Waals surface area contributed by atoms with Crippen LogP contribution in [-0.2, 0) is 6.54 Å². The SMILES string of the molecule is CN(Cc1cnc(Cl)s1)c1ccccc1C#N. The average molecular weight is 264 g/mol. The second-order valence-electron chi connectivity index (χ2n) is 3.56. The maximum Gasteiger partial charge on any atom is 0.183 e. The lowest BCUT2D eigenvalue weighted by atomic mass is 10.2. The van der Waals surface area contributed by atoms with Gasteiger partial charge in [-0.25, -0.2) is 4.98 Å². The summed E-state index contributed by atoms with van der Waals surface area (Å²) in [5.41, 5.74) is 1.59. The molecule has 0 N–H and O–H groups in total. The van der Waals surface area contributed by atoms with Crippen LogP contribution in [-0.4, -0.2) is 12.0 Å². The predicted molar refractivity (Wildman–Crippen MR) is 70.4 cm³/mol. The van der Waals surface area contributed by atoms with E-state index in [0.29, 0.717) is 16.6 Å². The van der Waals surface area contributed by atoms with E-state index in [9.17, 15) is 0 Å². The number of hydrogen-bond acceptors (Lipinski definition) is 4. The van der Waals surface area contributed by atoms with E-state index in [-0.39, 0.29) is 0 Å². The normalized spacial score (nSPS) is 9.94. The largest absolute Gasteiger partial charge is 0.368 e. The molecule has 0 radical (unpaired) electrons. The summed E-state index contributed by atoms with van der Waals surface area (Å²) in [6, 6.07) is 9.71. The number of anilines is 1. The fourth-order valence-electron chi connectivity index (χ4n) is 1.58. The first-order chi connectivity index (χ1) is 8.20. The Morgan fingerprint density at radius 2 is 2.24 bits per heavy atom. The minimum atomic E-state index is 0.543. The van der Waals surface area contributed by atoms with Crippen molar-refractivity contribution >= 4 is 28.6 Å². The van der Waals surface area contributed by atoms with Gasteiger partial charge in [0.2, 0.25) is 0 Å². The second-order valence-corrected chi connectivity index (χ2v) is 5.26. The fraction of sp³-hybridized carbons (Fsp3) is 0.167. The van der Waals surface area contributed by atoms with Crippen LogP contribution in [0.25, 0.3) is 0 Å². The average Bonchev–Trinajstić information content (AvgIpc) is 2.74. The molecule has 0 unspecified atom stereocenters. The molecule has 0 saturated heterocycles. The maximum atomic E-state index is 9.03. The molecule has 0 fully saturated rings. The first-order valence-electron chi connectivity index (χ1n) is 5.01. The van der Waals surface area contributed by atoms with E-state index in [4.69, 9.17) is 16.9 Å². The van der Waals surface area contributed by atoms with Gasteiger partial charge < -0.3 is 4.90 Å². The monoisotopic (exact) mass is 263 g/mol. The van der Waals surface area contributed by atoms with Gasteiger partial charge in [-0.2, -0.15) is 5.26 Å². The molecule has 0 spiro atoms. The molecule has 0 atom stereocenters. The zero-order valence-corrected chi connectivity index (χ0v) is 10.8. The summed E-state index contributed by atoms with van der Waals surface area (Å²) in [6.45, 7) is 0.698. The fourth-order valence-corrected chi connectivity index (χ4v) is 2.61. The summed E-state index contributed by atoms with van der Waals surface area (Å²) in [7, 11) is 1.95. The van der Waals surface area contributed by atoms with Crippen molar-refractivity contribution in [3.05, 3.63) is 45.4 Å². The van der Waals surface area contributed by atoms with E-state index in [1.165, 1.54) is 11.3 Å². The Morgan fingerprint density at radius 3 is 2.88 bits per heavy atom. The molecule has 1 aromatic carbocycles. The van der Waals surface area contributed by atoms with Gasteiger partial charge in [-0.3, -0.25) is 0 Å². The Labute approximate surface area is 109 Å². The highest BCUT2D eigenvalue weighted by Gasteiger charge is 2.08. The smallest absolute Gasteiger partial charge is 0.183 e. The van der Waals surface area contributed by atoms with Crippen LogP contribution in [0.2, 0.25) is 4.47 Å². The summed E-state index contributed by atoms with van der Waals surface area (Å²) in [5, 5.41) is 9.03. The highest BCUT2D eigenvalue weighted by molar-refractivity contribution is 7.15. The van der Waals surface area contributed by atoms with Crippen LogP contribution < -0.4 is 4.90 Å². The molecule has 0 bridgehead atoms. The lowest BCUT2D eigenvalue weighted by Crippen LogP contribution is -2.16. The van der Waals surface area contributed by atoms with Gasteiger partial charge in [0, 0.05) is 18.1 Å². The number of para-hydroxylation sites is 1. The number of nitrogens with zero attached hydrogens (tertiary/aromatic N) is 3. The number of aromatic nitrogens is 1. The van der Waals surface area contributed by atoms with Gasteiger partial charge >= 0.3 is 0 Å². The lowest BCUT2D eigenvalue weighted by Gasteiger charge is -2.19. The molecule has 0 aliphatic carbocycles. The highest BCUT2D eigenvalue weighted by atomic mass is 35.5. The van der Waals surface area contributed by atoms with Crippen LogP contribution in [0.3, 0.4) is 0 Å². The number of hydrogen-bond donors (Lipinski definition) is 0. The molecule has 2 rings (SSSR count). The first-order valence-corrected chi connectivity index (χ1v) is 6.20. The van der Waals surface area contributed by atoms with Crippen LogP contribution in [0, 0.1) is 11.3 Å². The standard InChI is InChI=1S/C12H10ClN3S/c1-16(8-10-7-15-12(13)17-10)11-5-3-2-4-9(11)6-14/h2-5,7H,8H2,1H3. The lowest BCUT2D eigenvalue weighted by molar-refractivity contribution is 0.934. The summed E-state index contributed by atoms with van der Waals surface area (Å²) in [4.78, 5) is 7.09. The molecule has 0 aliphatic heterocycles. The summed E-state index contributed by atoms with van der Waals surface area (Å²) >= 11 is 7.24. The van der Waals surface area contributed by atoms with Crippen molar-refractivity contribution in [2.75, 3.05) is 11.9 Å². The van der Waals surface area contributed by atoms with Gasteiger partial charge in [0.25, 0.3) is 0 Å². The molecule has 0 saturated carbocycles. The van der Waals surface area contributed by atoms with Crippen LogP contribution in [0.5, 0.6) is 0 Å². The number of thiazole rings is 1. The molecule has 1 heterocycles. The third kappa shape index (κ3) is 2.76. The van der Waals surface area contributed by atoms with Crippen molar-refractivity contribution in [3.63, 3.8) is 0 Å². The van der Waals surface area contributed by atoms with Gasteiger partial charge in [0.15, 0.2) is 4.47 Å². The highest BCUT2D eigenvalue weighted by Crippen LogP contribution is 2.23. The summed E-state index contributed by atoms with van der Waals surface area (Å²) in [5.74, 6) is 0. The number of halogens is 1. The Hall–Kier alpha value is -1.57. The zero-order chi connectivity index (χ0) is 12.3. The molecule has 5 heteroatoms. The molecular formula is C12H10ClN3S. The quantitative estimate of drug-likeness (QED) is 0.853. The van der Waals surface area contributed by atoms with E-state index in [2.05, 4.69) is 11.1 Å². The molecule has 0 amide bonds. The van der Waals surface area contributed by atoms with Crippen LogP contribution in [0.1, 0.15) is 10.4 Å². The van der Waals surface area contributed by atoms with Gasteiger partial charge in [0.05, 0.1) is 17.8 Å².